The van der Waals surface area contributed by atoms with E-state index in [0.717, 1.165) is 16.5 Å². The van der Waals surface area contributed by atoms with Crippen molar-refractivity contribution in [3.05, 3.63) is 54.0 Å². The van der Waals surface area contributed by atoms with Crippen molar-refractivity contribution in [3.8, 4) is 0 Å². The predicted octanol–water partition coefficient (Wildman–Crippen LogP) is 3.50. The topological polar surface area (TPSA) is 25.8 Å². The summed E-state index contributed by atoms with van der Waals surface area (Å²) >= 11 is 1.74. The number of aromatic nitrogens is 2. The molecule has 0 radical (unpaired) electrons. The van der Waals surface area contributed by atoms with Crippen LogP contribution in [0.3, 0.4) is 0 Å². The molecule has 0 fully saturated rings. The summed E-state index contributed by atoms with van der Waals surface area (Å²) < 4.78 is 0. The highest BCUT2D eigenvalue weighted by Crippen LogP contribution is 2.20. The molecular weight excluding hydrogens is 240 g/mol. The summed E-state index contributed by atoms with van der Waals surface area (Å²) in [6.45, 7) is 1.98. The molecule has 16 heavy (non-hydrogen) atoms. The first kappa shape index (κ1) is 13.0. The Morgan fingerprint density at radius 1 is 1.12 bits per heavy atom. The highest BCUT2D eigenvalue weighted by Gasteiger charge is 1.97. The van der Waals surface area contributed by atoms with Crippen molar-refractivity contribution >= 4 is 24.2 Å². The summed E-state index contributed by atoms with van der Waals surface area (Å²) in [5.41, 5.74) is 2.33. The first-order valence-corrected chi connectivity index (χ1v) is 5.78. The summed E-state index contributed by atoms with van der Waals surface area (Å²) in [5, 5.41) is 1.03. The van der Waals surface area contributed by atoms with E-state index in [1.165, 1.54) is 5.56 Å². The SMILES string of the molecule is Cc1cc(SCc2ccccc2)ncn1.Cl. The van der Waals surface area contributed by atoms with E-state index in [-0.39, 0.29) is 12.4 Å². The number of rotatable bonds is 3. The zero-order chi connectivity index (χ0) is 10.5. The van der Waals surface area contributed by atoms with Crippen LogP contribution in [0.1, 0.15) is 11.3 Å². The van der Waals surface area contributed by atoms with Crippen LogP contribution in [0, 0.1) is 6.92 Å². The van der Waals surface area contributed by atoms with Gasteiger partial charge in [-0.3, -0.25) is 0 Å². The van der Waals surface area contributed by atoms with E-state index in [9.17, 15) is 0 Å². The molecule has 0 aliphatic heterocycles. The number of halogens is 1. The van der Waals surface area contributed by atoms with E-state index in [4.69, 9.17) is 0 Å². The molecule has 4 heteroatoms. The third-order valence-electron chi connectivity index (χ3n) is 2.01. The van der Waals surface area contributed by atoms with Gasteiger partial charge in [-0.15, -0.1) is 24.2 Å². The number of thioether (sulfide) groups is 1. The maximum Gasteiger partial charge on any atom is 0.116 e. The van der Waals surface area contributed by atoms with Gasteiger partial charge in [0.15, 0.2) is 0 Å². The zero-order valence-electron chi connectivity index (χ0n) is 8.96. The quantitative estimate of drug-likeness (QED) is 0.618. The van der Waals surface area contributed by atoms with Crippen LogP contribution in [0.15, 0.2) is 47.8 Å². The number of benzene rings is 1. The monoisotopic (exact) mass is 252 g/mol. The standard InChI is InChI=1S/C12H12N2S.ClH/c1-10-7-12(14-9-13-10)15-8-11-5-3-2-4-6-11;/h2-7,9H,8H2,1H3;1H. The Morgan fingerprint density at radius 3 is 2.56 bits per heavy atom. The molecule has 2 rings (SSSR count). The largest absolute Gasteiger partial charge is 0.242 e. The second kappa shape index (κ2) is 6.51. The van der Waals surface area contributed by atoms with Gasteiger partial charge in [0.1, 0.15) is 6.33 Å². The lowest BCUT2D eigenvalue weighted by molar-refractivity contribution is 1.01. The Kier molecular flexibility index (Phi) is 5.29. The van der Waals surface area contributed by atoms with Gasteiger partial charge in [0.05, 0.1) is 5.03 Å². The Balaban J connectivity index is 0.00000128. The molecule has 0 bridgehead atoms. The third kappa shape index (κ3) is 3.83. The molecule has 1 heterocycles. The van der Waals surface area contributed by atoms with Gasteiger partial charge in [-0.25, -0.2) is 9.97 Å². The maximum absolute atomic E-state index is 4.21. The van der Waals surface area contributed by atoms with Gasteiger partial charge >= 0.3 is 0 Å². The summed E-state index contributed by atoms with van der Waals surface area (Å²) in [5.74, 6) is 0.956. The van der Waals surface area contributed by atoms with Gasteiger partial charge in [0, 0.05) is 11.4 Å². The Morgan fingerprint density at radius 2 is 1.88 bits per heavy atom. The van der Waals surface area contributed by atoms with Gasteiger partial charge in [-0.2, -0.15) is 0 Å². The molecule has 0 spiro atoms. The Hall–Kier alpha value is -1.06. The van der Waals surface area contributed by atoms with Crippen LogP contribution < -0.4 is 0 Å². The van der Waals surface area contributed by atoms with Crippen molar-refractivity contribution in [2.24, 2.45) is 0 Å². The Labute approximate surface area is 106 Å². The highest BCUT2D eigenvalue weighted by atomic mass is 35.5. The molecule has 1 aromatic heterocycles. The lowest BCUT2D eigenvalue weighted by Gasteiger charge is -2.01. The number of hydrogen-bond acceptors (Lipinski definition) is 3. The predicted molar refractivity (Wildman–Crippen MR) is 70.0 cm³/mol. The van der Waals surface area contributed by atoms with Crippen LogP contribution in [0.5, 0.6) is 0 Å². The fraction of sp³-hybridized carbons (Fsp3) is 0.167. The van der Waals surface area contributed by atoms with Crippen LogP contribution in [0.25, 0.3) is 0 Å². The summed E-state index contributed by atoms with van der Waals surface area (Å²) in [7, 11) is 0. The number of hydrogen-bond donors (Lipinski definition) is 0. The molecule has 2 aromatic rings. The van der Waals surface area contributed by atoms with E-state index in [2.05, 4.69) is 34.2 Å². The number of aryl methyl sites for hydroxylation is 1. The fourth-order valence-corrected chi connectivity index (χ4v) is 2.12. The number of nitrogens with zero attached hydrogens (tertiary/aromatic N) is 2. The average molecular weight is 253 g/mol. The molecular formula is C12H13ClN2S. The van der Waals surface area contributed by atoms with Crippen molar-refractivity contribution in [1.29, 1.82) is 0 Å². The van der Waals surface area contributed by atoms with Crippen molar-refractivity contribution in [3.63, 3.8) is 0 Å². The Bertz CT molecular complexity index is 434. The lowest BCUT2D eigenvalue weighted by Crippen LogP contribution is -1.86. The molecule has 0 aliphatic rings. The summed E-state index contributed by atoms with van der Waals surface area (Å²) in [6.07, 6.45) is 1.61. The molecule has 0 amide bonds. The molecule has 2 nitrogen and oxygen atoms in total. The van der Waals surface area contributed by atoms with Gasteiger partial charge in [0.2, 0.25) is 0 Å². The fourth-order valence-electron chi connectivity index (χ4n) is 1.24. The van der Waals surface area contributed by atoms with Crippen molar-refractivity contribution in [1.82, 2.24) is 9.97 Å². The third-order valence-corrected chi connectivity index (χ3v) is 3.00. The van der Waals surface area contributed by atoms with Crippen LogP contribution in [0.2, 0.25) is 0 Å². The minimum Gasteiger partial charge on any atom is -0.242 e. The summed E-state index contributed by atoms with van der Waals surface area (Å²) in [6, 6.07) is 12.4. The molecule has 0 saturated heterocycles. The van der Waals surface area contributed by atoms with Gasteiger partial charge in [-0.05, 0) is 18.6 Å². The second-order valence-corrected chi connectivity index (χ2v) is 4.27. The zero-order valence-corrected chi connectivity index (χ0v) is 10.6. The van der Waals surface area contributed by atoms with Crippen molar-refractivity contribution in [2.45, 2.75) is 17.7 Å². The van der Waals surface area contributed by atoms with Crippen molar-refractivity contribution < 1.29 is 0 Å². The molecule has 0 saturated carbocycles. The lowest BCUT2D eigenvalue weighted by atomic mass is 10.2. The van der Waals surface area contributed by atoms with Crippen LogP contribution in [-0.2, 0) is 5.75 Å². The second-order valence-electron chi connectivity index (χ2n) is 3.27. The van der Waals surface area contributed by atoms with Gasteiger partial charge in [-0.1, -0.05) is 30.3 Å². The molecule has 0 N–H and O–H groups in total. The van der Waals surface area contributed by atoms with Gasteiger partial charge < -0.3 is 0 Å². The average Bonchev–Trinajstić information content (AvgIpc) is 2.28. The van der Waals surface area contributed by atoms with Crippen molar-refractivity contribution in [2.75, 3.05) is 0 Å². The van der Waals surface area contributed by atoms with Crippen LogP contribution >= 0.6 is 24.2 Å². The summed E-state index contributed by atoms with van der Waals surface area (Å²) in [4.78, 5) is 8.28. The molecule has 0 unspecified atom stereocenters. The molecule has 84 valence electrons. The molecule has 1 aromatic carbocycles. The molecule has 0 aliphatic carbocycles. The highest BCUT2D eigenvalue weighted by molar-refractivity contribution is 7.98. The minimum absolute atomic E-state index is 0. The van der Waals surface area contributed by atoms with E-state index in [1.54, 1.807) is 18.1 Å². The molecule has 0 atom stereocenters. The van der Waals surface area contributed by atoms with E-state index < -0.39 is 0 Å². The first-order valence-electron chi connectivity index (χ1n) is 4.80. The normalized spacial score (nSPS) is 9.56. The van der Waals surface area contributed by atoms with E-state index in [0.29, 0.717) is 0 Å². The smallest absolute Gasteiger partial charge is 0.116 e. The first-order chi connectivity index (χ1) is 7.34. The van der Waals surface area contributed by atoms with E-state index >= 15 is 0 Å². The van der Waals surface area contributed by atoms with Crippen LogP contribution in [-0.4, -0.2) is 9.97 Å². The van der Waals surface area contributed by atoms with Crippen LogP contribution in [0.4, 0.5) is 0 Å². The van der Waals surface area contributed by atoms with E-state index in [1.807, 2.05) is 19.1 Å². The minimum atomic E-state index is 0. The van der Waals surface area contributed by atoms with Gasteiger partial charge in [0.25, 0.3) is 0 Å². The maximum atomic E-state index is 4.21.